The average Bonchev–Trinajstić information content (AvgIpc) is 4.16. The summed E-state index contributed by atoms with van der Waals surface area (Å²) in [5.41, 5.74) is 11.5. The highest BCUT2D eigenvalue weighted by Crippen LogP contribution is 2.52. The molecular formula is C64H58Cl6N4O7. The largest absolute Gasteiger partial charge is 0.497 e. The molecule has 2 saturated heterocycles. The van der Waals surface area contributed by atoms with Gasteiger partial charge in [-0.1, -0.05) is 142 Å². The van der Waals surface area contributed by atoms with E-state index in [1.165, 1.54) is 0 Å². The van der Waals surface area contributed by atoms with E-state index in [1.54, 1.807) is 53.3 Å². The van der Waals surface area contributed by atoms with Gasteiger partial charge in [-0.3, -0.25) is 9.80 Å². The smallest absolute Gasteiger partial charge is 0.329 e. The first kappa shape index (κ1) is 56.0. The van der Waals surface area contributed by atoms with Gasteiger partial charge in [0.15, 0.2) is 11.6 Å². The number of rotatable bonds is 9. The Morgan fingerprint density at radius 1 is 0.519 bits per heavy atom. The monoisotopic (exact) mass is 1200 g/mol. The molecule has 1 N–H and O–H groups in total. The van der Waals surface area contributed by atoms with Crippen molar-refractivity contribution in [2.45, 2.75) is 94.4 Å². The van der Waals surface area contributed by atoms with Gasteiger partial charge in [-0.2, -0.15) is 0 Å². The topological polar surface area (TPSA) is 102 Å². The zero-order chi connectivity index (χ0) is 56.0. The molecule has 11 nitrogen and oxygen atoms in total. The van der Waals surface area contributed by atoms with Gasteiger partial charge in [-0.05, 0) is 126 Å². The zero-order valence-electron chi connectivity index (χ0n) is 44.4. The van der Waals surface area contributed by atoms with E-state index in [9.17, 15) is 9.59 Å². The molecule has 0 bridgehead atoms. The molecule has 4 fully saturated rings. The van der Waals surface area contributed by atoms with Crippen LogP contribution in [0.5, 0.6) is 5.75 Å². The van der Waals surface area contributed by atoms with Gasteiger partial charge in [0.05, 0.1) is 82.9 Å². The number of methoxy groups -OCH3 is 1. The van der Waals surface area contributed by atoms with Crippen molar-refractivity contribution in [3.05, 3.63) is 191 Å². The third-order valence-electron chi connectivity index (χ3n) is 16.7. The Kier molecular flexibility index (Phi) is 16.3. The maximum absolute atomic E-state index is 14.5. The second kappa shape index (κ2) is 23.6. The number of ether oxygens (including phenoxy) is 5. The van der Waals surface area contributed by atoms with Crippen LogP contribution in [0.3, 0.4) is 0 Å². The molecule has 2 spiro atoms. The van der Waals surface area contributed by atoms with Crippen molar-refractivity contribution in [1.82, 2.24) is 10.2 Å². The van der Waals surface area contributed by atoms with Gasteiger partial charge in [0, 0.05) is 71.1 Å². The molecule has 4 amide bonds. The number of nitrogens with zero attached hydrogens (tertiary/aromatic N) is 3. The lowest BCUT2D eigenvalue weighted by atomic mass is 9.79. The van der Waals surface area contributed by atoms with Crippen molar-refractivity contribution >= 4 is 104 Å². The minimum atomic E-state index is -0.467. The van der Waals surface area contributed by atoms with Gasteiger partial charge < -0.3 is 33.9 Å². The second-order valence-electron chi connectivity index (χ2n) is 21.3. The van der Waals surface area contributed by atoms with E-state index in [2.05, 4.69) is 29.6 Å². The highest BCUT2D eigenvalue weighted by Gasteiger charge is 2.44. The number of hydrogen-bond acceptors (Lipinski definition) is 7. The Morgan fingerprint density at radius 2 is 0.951 bits per heavy atom. The van der Waals surface area contributed by atoms with Crippen molar-refractivity contribution < 1.29 is 33.3 Å². The standard InChI is InChI=1S/C36H33Cl3N2O4.C28H25Cl3N2O3/c1-43-26-11-9-23(10-12-26)21-40-22-29-28(27-5-2-3-6-30(27)37)19-25(24-13-15-36(16-14-24)44-17-18-45-36)20-33(29)41(35(40)42)34-31(38)7-4-8-32(34)39;29-22-5-2-1-4-19(22)20-14-18(17-8-10-28(11-9-17)35-12-13-36-28)15-25-21(20)16-32-27(34)33(25)26-23(30)6-3-7-24(26)31/h2-12,19-20,24H,13-18,21-22H2,1H3;1-7,14-15,17H,8-13,16H2,(H,32,34). The molecule has 17 heteroatoms. The number of urea groups is 2. The molecule has 418 valence electrons. The van der Waals surface area contributed by atoms with E-state index in [1.807, 2.05) is 77.7 Å². The Labute approximate surface area is 501 Å². The highest BCUT2D eigenvalue weighted by molar-refractivity contribution is 6.41. The molecule has 4 aliphatic heterocycles. The number of amides is 4. The van der Waals surface area contributed by atoms with Crippen LogP contribution in [0.15, 0.2) is 133 Å². The first-order valence-electron chi connectivity index (χ1n) is 27.4. The van der Waals surface area contributed by atoms with Gasteiger partial charge in [0.2, 0.25) is 0 Å². The molecule has 4 heterocycles. The molecular weight excluding hydrogens is 1150 g/mol. The summed E-state index contributed by atoms with van der Waals surface area (Å²) in [7, 11) is 1.64. The highest BCUT2D eigenvalue weighted by atomic mass is 35.5. The Bertz CT molecular complexity index is 3470. The normalized spacial score (nSPS) is 19.3. The average molecular weight is 1210 g/mol. The fourth-order valence-corrected chi connectivity index (χ4v) is 14.2. The van der Waals surface area contributed by atoms with Crippen molar-refractivity contribution in [2.75, 3.05) is 43.3 Å². The lowest BCUT2D eigenvalue weighted by molar-refractivity contribution is -0.179. The maximum atomic E-state index is 14.5. The van der Waals surface area contributed by atoms with Gasteiger partial charge in [-0.15, -0.1) is 0 Å². The molecule has 7 aromatic rings. The maximum Gasteiger partial charge on any atom is 0.329 e. The predicted octanol–water partition coefficient (Wildman–Crippen LogP) is 18.1. The van der Waals surface area contributed by atoms with E-state index < -0.39 is 11.6 Å². The Balaban J connectivity index is 0.000000165. The fourth-order valence-electron chi connectivity index (χ4n) is 12.5. The number of benzene rings is 7. The van der Waals surface area contributed by atoms with Crippen LogP contribution < -0.4 is 19.9 Å². The minimum absolute atomic E-state index is 0.203. The predicted molar refractivity (Wildman–Crippen MR) is 323 cm³/mol. The molecule has 0 aromatic heterocycles. The van der Waals surface area contributed by atoms with Gasteiger partial charge >= 0.3 is 12.1 Å². The molecule has 0 atom stereocenters. The lowest BCUT2D eigenvalue weighted by Gasteiger charge is -2.40. The molecule has 7 aromatic carbocycles. The van der Waals surface area contributed by atoms with E-state index in [0.717, 1.165) is 119 Å². The number of hydrogen-bond donors (Lipinski definition) is 1. The molecule has 2 saturated carbocycles. The molecule has 6 aliphatic rings. The van der Waals surface area contributed by atoms with Crippen LogP contribution in [0.2, 0.25) is 30.1 Å². The van der Waals surface area contributed by atoms with Crippen molar-refractivity contribution in [3.63, 3.8) is 0 Å². The number of fused-ring (bicyclic) bond motifs is 2. The first-order chi connectivity index (χ1) is 39.3. The van der Waals surface area contributed by atoms with Crippen LogP contribution in [0.4, 0.5) is 32.3 Å². The van der Waals surface area contributed by atoms with Crippen LogP contribution in [0, 0.1) is 0 Å². The number of anilines is 4. The summed E-state index contributed by atoms with van der Waals surface area (Å²) < 4.78 is 29.3. The van der Waals surface area contributed by atoms with E-state index in [4.69, 9.17) is 93.3 Å². The summed E-state index contributed by atoms with van der Waals surface area (Å²) in [4.78, 5) is 32.9. The third kappa shape index (κ3) is 11.1. The van der Waals surface area contributed by atoms with E-state index in [-0.39, 0.29) is 18.0 Å². The molecule has 2 aliphatic carbocycles. The summed E-state index contributed by atoms with van der Waals surface area (Å²) in [5.74, 6) is 0.403. The van der Waals surface area contributed by atoms with Crippen LogP contribution in [-0.2, 0) is 38.6 Å². The summed E-state index contributed by atoms with van der Waals surface area (Å²) in [6.07, 6.45) is 7.01. The number of carbonyl (C=O) groups excluding carboxylic acids is 2. The van der Waals surface area contributed by atoms with Crippen LogP contribution in [-0.4, -0.2) is 62.1 Å². The first-order valence-corrected chi connectivity index (χ1v) is 29.7. The number of nitrogens with one attached hydrogen (secondary N) is 1. The molecule has 0 unspecified atom stereocenters. The van der Waals surface area contributed by atoms with Crippen molar-refractivity contribution in [2.24, 2.45) is 0 Å². The summed E-state index contributed by atoms with van der Waals surface area (Å²) >= 11 is 40.3. The van der Waals surface area contributed by atoms with Crippen LogP contribution in [0.1, 0.15) is 91.0 Å². The fraction of sp³-hybridized carbons (Fsp3) is 0.312. The number of carbonyl (C=O) groups is 2. The third-order valence-corrected chi connectivity index (χ3v) is 18.5. The van der Waals surface area contributed by atoms with Crippen LogP contribution >= 0.6 is 69.6 Å². The minimum Gasteiger partial charge on any atom is -0.497 e. The summed E-state index contributed by atoms with van der Waals surface area (Å²) in [5, 5.41) is 5.91. The van der Waals surface area contributed by atoms with Crippen LogP contribution in [0.25, 0.3) is 22.3 Å². The molecule has 13 rings (SSSR count). The molecule has 0 radical (unpaired) electrons. The Hall–Kier alpha value is -5.54. The van der Waals surface area contributed by atoms with E-state index in [0.29, 0.717) is 93.5 Å². The van der Waals surface area contributed by atoms with E-state index >= 15 is 0 Å². The number of halogens is 6. The molecule has 81 heavy (non-hydrogen) atoms. The summed E-state index contributed by atoms with van der Waals surface area (Å²) in [6.45, 7) is 3.74. The van der Waals surface area contributed by atoms with Crippen molar-refractivity contribution in [1.29, 1.82) is 0 Å². The lowest BCUT2D eigenvalue weighted by Crippen LogP contribution is -2.45. The summed E-state index contributed by atoms with van der Waals surface area (Å²) in [6, 6.07) is 42.3. The SMILES string of the molecule is COc1ccc(CN2Cc3c(-c4ccccc4Cl)cc(C4CCC5(CC4)OCCO5)cc3N(c3c(Cl)cccc3Cl)C2=O)cc1.O=C1NCc2c(-c3ccccc3Cl)cc(C3CCC4(CC3)OCCO4)cc2N1c1c(Cl)cccc1Cl. The second-order valence-corrected chi connectivity index (χ2v) is 23.8. The van der Waals surface area contributed by atoms with Gasteiger partial charge in [0.25, 0.3) is 0 Å². The zero-order valence-corrected chi connectivity index (χ0v) is 49.0. The van der Waals surface area contributed by atoms with Crippen molar-refractivity contribution in [3.8, 4) is 28.0 Å². The van der Waals surface area contributed by atoms with Gasteiger partial charge in [0.1, 0.15) is 5.75 Å². The quantitative estimate of drug-likeness (QED) is 0.154. The Morgan fingerprint density at radius 3 is 1.42 bits per heavy atom. The number of para-hydroxylation sites is 2. The van der Waals surface area contributed by atoms with Gasteiger partial charge in [-0.25, -0.2) is 9.59 Å².